The largest absolute Gasteiger partial charge is 0.377 e. The average Bonchev–Trinajstić information content (AvgIpc) is 2.32. The molecule has 4 nitrogen and oxygen atoms in total. The Bertz CT molecular complexity index is 277. The van der Waals surface area contributed by atoms with Crippen LogP contribution in [-0.2, 0) is 14.6 Å². The highest BCUT2D eigenvalue weighted by Crippen LogP contribution is 2.11. The molecule has 0 spiro atoms. The maximum atomic E-state index is 11.4. The van der Waals surface area contributed by atoms with E-state index < -0.39 is 9.84 Å². The van der Waals surface area contributed by atoms with Gasteiger partial charge in [-0.2, -0.15) is 0 Å². The molecule has 0 aliphatic rings. The van der Waals surface area contributed by atoms with Gasteiger partial charge in [0.2, 0.25) is 0 Å². The molecule has 1 N–H and O–H groups in total. The van der Waals surface area contributed by atoms with Crippen LogP contribution in [0.25, 0.3) is 0 Å². The zero-order valence-corrected chi connectivity index (χ0v) is 12.3. The Kier molecular flexibility index (Phi) is 8.82. The maximum absolute atomic E-state index is 11.4. The molecule has 0 heterocycles. The van der Waals surface area contributed by atoms with Crippen molar-refractivity contribution in [1.82, 2.24) is 5.32 Å². The van der Waals surface area contributed by atoms with Crippen molar-refractivity contribution in [2.45, 2.75) is 52.2 Å². The van der Waals surface area contributed by atoms with Gasteiger partial charge in [-0.15, -0.1) is 0 Å². The Morgan fingerprint density at radius 3 is 2.29 bits per heavy atom. The quantitative estimate of drug-likeness (QED) is 0.652. The molecule has 0 bridgehead atoms. The maximum Gasteiger partial charge on any atom is 0.150 e. The fourth-order valence-corrected chi connectivity index (χ4v) is 2.81. The molecule has 0 amide bonds. The second-order valence-electron chi connectivity index (χ2n) is 4.18. The molecule has 0 rings (SSSR count). The SMILES string of the molecule is CCOC(CC)C(CCCS(=O)(=O)CC)NC. The van der Waals surface area contributed by atoms with E-state index in [0.717, 1.165) is 12.8 Å². The molecule has 2 atom stereocenters. The van der Waals surface area contributed by atoms with Crippen LogP contribution in [-0.4, -0.2) is 45.7 Å². The van der Waals surface area contributed by atoms with E-state index in [1.807, 2.05) is 14.0 Å². The second kappa shape index (κ2) is 8.89. The van der Waals surface area contributed by atoms with Crippen molar-refractivity contribution in [3.8, 4) is 0 Å². The van der Waals surface area contributed by atoms with Crippen molar-refractivity contribution in [2.75, 3.05) is 25.2 Å². The van der Waals surface area contributed by atoms with Crippen LogP contribution in [0.3, 0.4) is 0 Å². The summed E-state index contributed by atoms with van der Waals surface area (Å²) in [4.78, 5) is 0. The van der Waals surface area contributed by atoms with Crippen molar-refractivity contribution >= 4 is 9.84 Å². The molecule has 0 fully saturated rings. The summed E-state index contributed by atoms with van der Waals surface area (Å²) in [6.45, 7) is 6.47. The molecular formula is C12H27NO3S. The lowest BCUT2D eigenvalue weighted by atomic mass is 10.0. The van der Waals surface area contributed by atoms with E-state index in [1.54, 1.807) is 6.92 Å². The minimum atomic E-state index is -2.84. The number of nitrogens with one attached hydrogen (secondary N) is 1. The first-order chi connectivity index (χ1) is 8.00. The Hall–Kier alpha value is -0.130. The predicted molar refractivity (Wildman–Crippen MR) is 72.1 cm³/mol. The van der Waals surface area contributed by atoms with E-state index in [1.165, 1.54) is 0 Å². The van der Waals surface area contributed by atoms with Crippen LogP contribution >= 0.6 is 0 Å². The first kappa shape index (κ1) is 16.9. The Morgan fingerprint density at radius 2 is 1.88 bits per heavy atom. The molecular weight excluding hydrogens is 238 g/mol. The first-order valence-electron chi connectivity index (χ1n) is 6.49. The summed E-state index contributed by atoms with van der Waals surface area (Å²) in [6.07, 6.45) is 2.66. The van der Waals surface area contributed by atoms with E-state index in [4.69, 9.17) is 4.74 Å². The number of sulfone groups is 1. The average molecular weight is 265 g/mol. The van der Waals surface area contributed by atoms with Crippen LogP contribution < -0.4 is 5.32 Å². The summed E-state index contributed by atoms with van der Waals surface area (Å²) in [7, 11) is -0.933. The topological polar surface area (TPSA) is 55.4 Å². The molecule has 0 aliphatic carbocycles. The van der Waals surface area contributed by atoms with Gasteiger partial charge in [-0.05, 0) is 33.2 Å². The van der Waals surface area contributed by atoms with E-state index in [2.05, 4.69) is 12.2 Å². The van der Waals surface area contributed by atoms with Crippen molar-refractivity contribution in [1.29, 1.82) is 0 Å². The monoisotopic (exact) mass is 265 g/mol. The Morgan fingerprint density at radius 1 is 1.24 bits per heavy atom. The highest BCUT2D eigenvalue weighted by atomic mass is 32.2. The first-order valence-corrected chi connectivity index (χ1v) is 8.32. The zero-order valence-electron chi connectivity index (χ0n) is 11.5. The number of hydrogen-bond acceptors (Lipinski definition) is 4. The molecule has 0 aromatic carbocycles. The third-order valence-corrected chi connectivity index (χ3v) is 4.80. The highest BCUT2D eigenvalue weighted by Gasteiger charge is 2.19. The third kappa shape index (κ3) is 7.01. The number of hydrogen-bond donors (Lipinski definition) is 1. The van der Waals surface area contributed by atoms with Gasteiger partial charge < -0.3 is 10.1 Å². The van der Waals surface area contributed by atoms with E-state index >= 15 is 0 Å². The third-order valence-electron chi connectivity index (χ3n) is 3.01. The van der Waals surface area contributed by atoms with Gasteiger partial charge in [0, 0.05) is 18.4 Å². The normalized spacial score (nSPS) is 15.8. The summed E-state index contributed by atoms with van der Waals surface area (Å²) in [6, 6.07) is 0.243. The van der Waals surface area contributed by atoms with Crippen molar-refractivity contribution < 1.29 is 13.2 Å². The molecule has 5 heteroatoms. The molecule has 0 saturated carbocycles. The molecule has 0 radical (unpaired) electrons. The molecule has 0 aliphatic heterocycles. The molecule has 0 aromatic heterocycles. The van der Waals surface area contributed by atoms with Gasteiger partial charge in [-0.1, -0.05) is 13.8 Å². The summed E-state index contributed by atoms with van der Waals surface area (Å²) < 4.78 is 28.4. The lowest BCUT2D eigenvalue weighted by molar-refractivity contribution is 0.0315. The van der Waals surface area contributed by atoms with Gasteiger partial charge >= 0.3 is 0 Å². The van der Waals surface area contributed by atoms with Crippen LogP contribution in [0.1, 0.15) is 40.0 Å². The van der Waals surface area contributed by atoms with Gasteiger partial charge in [-0.25, -0.2) is 8.42 Å². The zero-order chi connectivity index (χ0) is 13.3. The van der Waals surface area contributed by atoms with Crippen LogP contribution in [0.15, 0.2) is 0 Å². The fraction of sp³-hybridized carbons (Fsp3) is 1.00. The standard InChI is InChI=1S/C12H27NO3S/c1-5-12(16-6-2)11(13-4)9-8-10-17(14,15)7-3/h11-13H,5-10H2,1-4H3. The second-order valence-corrected chi connectivity index (χ2v) is 6.65. The molecule has 104 valence electrons. The van der Waals surface area contributed by atoms with Gasteiger partial charge in [0.25, 0.3) is 0 Å². The van der Waals surface area contributed by atoms with Crippen LogP contribution in [0.5, 0.6) is 0 Å². The fourth-order valence-electron chi connectivity index (χ4n) is 1.92. The van der Waals surface area contributed by atoms with Crippen LogP contribution in [0.2, 0.25) is 0 Å². The summed E-state index contributed by atoms with van der Waals surface area (Å²) >= 11 is 0. The van der Waals surface area contributed by atoms with Crippen LogP contribution in [0.4, 0.5) is 0 Å². The summed E-state index contributed by atoms with van der Waals surface area (Å²) in [5, 5.41) is 3.22. The molecule has 2 unspecified atom stereocenters. The van der Waals surface area contributed by atoms with E-state index in [-0.39, 0.29) is 23.7 Å². The Labute approximate surface area is 106 Å². The molecule has 17 heavy (non-hydrogen) atoms. The van der Waals surface area contributed by atoms with Crippen LogP contribution in [0, 0.1) is 0 Å². The van der Waals surface area contributed by atoms with Gasteiger partial charge in [-0.3, -0.25) is 0 Å². The lowest BCUT2D eigenvalue weighted by Gasteiger charge is -2.25. The van der Waals surface area contributed by atoms with Gasteiger partial charge in [0.15, 0.2) is 0 Å². The minimum absolute atomic E-state index is 0.175. The summed E-state index contributed by atoms with van der Waals surface area (Å²) in [5.74, 6) is 0.518. The number of ether oxygens (including phenoxy) is 1. The van der Waals surface area contributed by atoms with E-state index in [9.17, 15) is 8.42 Å². The number of rotatable bonds is 10. The van der Waals surface area contributed by atoms with Crippen molar-refractivity contribution in [3.05, 3.63) is 0 Å². The highest BCUT2D eigenvalue weighted by molar-refractivity contribution is 7.91. The van der Waals surface area contributed by atoms with Gasteiger partial charge in [0.1, 0.15) is 9.84 Å². The minimum Gasteiger partial charge on any atom is -0.377 e. The molecule has 0 saturated heterocycles. The number of likely N-dealkylation sites (N-methyl/N-ethyl adjacent to an activating group) is 1. The lowest BCUT2D eigenvalue weighted by Crippen LogP contribution is -2.39. The predicted octanol–water partition coefficient (Wildman–Crippen LogP) is 1.60. The van der Waals surface area contributed by atoms with Crippen molar-refractivity contribution in [3.63, 3.8) is 0 Å². The molecule has 0 aromatic rings. The Balaban J connectivity index is 4.13. The smallest absolute Gasteiger partial charge is 0.150 e. The van der Waals surface area contributed by atoms with E-state index in [0.29, 0.717) is 13.0 Å². The summed E-state index contributed by atoms with van der Waals surface area (Å²) in [5.41, 5.74) is 0. The van der Waals surface area contributed by atoms with Crippen molar-refractivity contribution in [2.24, 2.45) is 0 Å². The van der Waals surface area contributed by atoms with Gasteiger partial charge in [0.05, 0.1) is 11.9 Å².